The van der Waals surface area contributed by atoms with Gasteiger partial charge in [-0.1, -0.05) is 17.8 Å². The Morgan fingerprint density at radius 3 is 2.58 bits per heavy atom. The third kappa shape index (κ3) is 6.96. The van der Waals surface area contributed by atoms with Crippen LogP contribution >= 0.6 is 11.8 Å². The third-order valence-electron chi connectivity index (χ3n) is 6.73. The van der Waals surface area contributed by atoms with Gasteiger partial charge in [0.2, 0.25) is 21.7 Å². The Hall–Kier alpha value is -4.44. The molecule has 236 valence electrons. The highest BCUT2D eigenvalue weighted by molar-refractivity contribution is 7.99. The van der Waals surface area contributed by atoms with Crippen LogP contribution in [0, 0.1) is 18.6 Å². The number of aromatic nitrogens is 3. The van der Waals surface area contributed by atoms with Crippen LogP contribution in [0.2, 0.25) is 0 Å². The number of ketones is 1. The number of ether oxygens (including phenoxy) is 1. The molecule has 2 aromatic carbocycles. The van der Waals surface area contributed by atoms with E-state index in [2.05, 4.69) is 14.8 Å². The molecule has 5 rings (SSSR count). The number of alkyl halides is 3. The molecule has 3 N–H and O–H groups in total. The van der Waals surface area contributed by atoms with Crippen molar-refractivity contribution in [3.8, 4) is 17.3 Å². The van der Waals surface area contributed by atoms with E-state index in [0.717, 1.165) is 12.1 Å². The standard InChI is InChI=1S/C29H24F5N5O4S2/c1-15-8-25(43-27-20(31)4-2-5-21(27)32)36-14-23(15)39-28(35)19(13-37-39)26(40)18-9-16-11-22(38-45(41,42)7-3-6-30)24(44-29(33)34)12-17(16)10-18/h2,4-5,8,10-14,29,38H,3,6-7,9,35H2,1H3. The first-order chi connectivity index (χ1) is 21.4. The Morgan fingerprint density at radius 2 is 1.91 bits per heavy atom. The number of thioether (sulfide) groups is 1. The largest absolute Gasteiger partial charge is 0.433 e. The van der Waals surface area contributed by atoms with Crippen LogP contribution in [0.3, 0.4) is 0 Å². The zero-order valence-corrected chi connectivity index (χ0v) is 25.0. The van der Waals surface area contributed by atoms with Crippen LogP contribution < -0.4 is 15.2 Å². The number of sulfonamides is 1. The highest BCUT2D eigenvalue weighted by atomic mass is 32.2. The second kappa shape index (κ2) is 12.9. The number of benzene rings is 2. The summed E-state index contributed by atoms with van der Waals surface area (Å²) >= 11 is 0.135. The minimum atomic E-state index is -4.01. The van der Waals surface area contributed by atoms with Crippen molar-refractivity contribution < 1.29 is 39.9 Å². The number of nitrogen functional groups attached to an aromatic ring is 1. The Morgan fingerprint density at radius 1 is 1.18 bits per heavy atom. The lowest BCUT2D eigenvalue weighted by atomic mass is 10.0. The average Bonchev–Trinajstić information content (AvgIpc) is 3.56. The van der Waals surface area contributed by atoms with Crippen molar-refractivity contribution in [2.45, 2.75) is 30.4 Å². The summed E-state index contributed by atoms with van der Waals surface area (Å²) in [6, 6.07) is 7.43. The summed E-state index contributed by atoms with van der Waals surface area (Å²) in [7, 11) is -4.01. The molecule has 0 spiro atoms. The normalized spacial score (nSPS) is 12.7. The Bertz CT molecular complexity index is 1910. The number of carbonyl (C=O) groups is 1. The van der Waals surface area contributed by atoms with Gasteiger partial charge in [-0.25, -0.2) is 26.9 Å². The molecule has 0 bridgehead atoms. The molecule has 0 radical (unpaired) electrons. The quantitative estimate of drug-likeness (QED) is 0.100. The molecule has 16 heteroatoms. The van der Waals surface area contributed by atoms with Crippen LogP contribution in [-0.2, 0) is 16.4 Å². The summed E-state index contributed by atoms with van der Waals surface area (Å²) in [4.78, 5) is 17.5. The summed E-state index contributed by atoms with van der Waals surface area (Å²) in [5.74, 6) is -6.43. The lowest BCUT2D eigenvalue weighted by Gasteiger charge is -2.14. The number of Topliss-reactive ketones (excluding diaryl/α,β-unsaturated/α-hetero) is 1. The predicted octanol–water partition coefficient (Wildman–Crippen LogP) is 6.47. The maximum Gasteiger partial charge on any atom is 0.288 e. The van der Waals surface area contributed by atoms with Gasteiger partial charge in [-0.05, 0) is 60.4 Å². The Balaban J connectivity index is 1.38. The maximum absolute atomic E-state index is 14.0. The number of hydrogen-bond acceptors (Lipinski definition) is 8. The van der Waals surface area contributed by atoms with Gasteiger partial charge in [-0.15, -0.1) is 0 Å². The number of para-hydroxylation sites is 1. The topological polar surface area (TPSA) is 129 Å². The van der Waals surface area contributed by atoms with E-state index in [1.165, 1.54) is 47.4 Å². The van der Waals surface area contributed by atoms with Crippen molar-refractivity contribution in [2.75, 3.05) is 22.9 Å². The van der Waals surface area contributed by atoms with E-state index in [9.17, 15) is 35.2 Å². The van der Waals surface area contributed by atoms with Gasteiger partial charge < -0.3 is 10.5 Å². The van der Waals surface area contributed by atoms with Gasteiger partial charge in [0.05, 0.1) is 41.8 Å². The molecule has 2 aromatic heterocycles. The number of nitrogens with zero attached hydrogens (tertiary/aromatic N) is 3. The van der Waals surface area contributed by atoms with Crippen molar-refractivity contribution in [1.29, 1.82) is 0 Å². The van der Waals surface area contributed by atoms with E-state index in [4.69, 9.17) is 10.5 Å². The summed E-state index contributed by atoms with van der Waals surface area (Å²) in [5.41, 5.74) is 8.31. The molecule has 4 aromatic rings. The molecular formula is C29H24F5N5O4S2. The Labute approximate surface area is 258 Å². The number of pyridine rings is 1. The first-order valence-electron chi connectivity index (χ1n) is 13.2. The molecule has 0 saturated heterocycles. The van der Waals surface area contributed by atoms with Gasteiger partial charge >= 0.3 is 0 Å². The molecule has 0 aliphatic heterocycles. The van der Waals surface area contributed by atoms with Crippen molar-refractivity contribution in [1.82, 2.24) is 14.8 Å². The fourth-order valence-corrected chi connectivity index (χ4v) is 6.42. The Kier molecular flexibility index (Phi) is 9.16. The maximum atomic E-state index is 14.0. The first-order valence-corrected chi connectivity index (χ1v) is 15.8. The number of rotatable bonds is 12. The van der Waals surface area contributed by atoms with Gasteiger partial charge in [0.1, 0.15) is 5.82 Å². The van der Waals surface area contributed by atoms with Crippen molar-refractivity contribution in [2.24, 2.45) is 0 Å². The van der Waals surface area contributed by atoms with Crippen LogP contribution in [0.4, 0.5) is 33.5 Å². The van der Waals surface area contributed by atoms with E-state index in [0.29, 0.717) is 22.4 Å². The number of halogens is 5. The SMILES string of the molecule is Cc1cc(Oc2c(F)cccc2F)ncc1-n1ncc(C(=O)C2=Cc3cc(SC(F)F)c(NS(=O)(=O)CCCF)cc3C2)c1N. The number of nitrogens with two attached hydrogens (primary N) is 1. The van der Waals surface area contributed by atoms with Crippen LogP contribution in [-0.4, -0.2) is 47.2 Å². The molecule has 0 amide bonds. The van der Waals surface area contributed by atoms with E-state index in [-0.39, 0.29) is 58.0 Å². The van der Waals surface area contributed by atoms with Crippen LogP contribution in [0.5, 0.6) is 11.6 Å². The van der Waals surface area contributed by atoms with Crippen molar-refractivity contribution in [3.63, 3.8) is 0 Å². The molecule has 45 heavy (non-hydrogen) atoms. The van der Waals surface area contributed by atoms with Crippen molar-refractivity contribution in [3.05, 3.63) is 88.3 Å². The minimum absolute atomic E-state index is 0.0363. The van der Waals surface area contributed by atoms with Crippen molar-refractivity contribution >= 4 is 45.1 Å². The number of allylic oxidation sites excluding steroid dienone is 1. The highest BCUT2D eigenvalue weighted by Gasteiger charge is 2.27. The van der Waals surface area contributed by atoms with Gasteiger partial charge in [-0.2, -0.15) is 13.9 Å². The molecular weight excluding hydrogens is 641 g/mol. The molecule has 0 atom stereocenters. The van der Waals surface area contributed by atoms with Gasteiger partial charge in [0.15, 0.2) is 17.4 Å². The monoisotopic (exact) mass is 665 g/mol. The van der Waals surface area contributed by atoms with Gasteiger partial charge in [-0.3, -0.25) is 13.9 Å². The molecule has 1 aliphatic rings. The number of nitrogens with one attached hydrogen (secondary N) is 1. The van der Waals surface area contributed by atoms with E-state index in [1.807, 2.05) is 0 Å². The number of hydrogen-bond donors (Lipinski definition) is 2. The predicted molar refractivity (Wildman–Crippen MR) is 159 cm³/mol. The minimum Gasteiger partial charge on any atom is -0.433 e. The van der Waals surface area contributed by atoms with Crippen LogP contribution in [0.15, 0.2) is 59.3 Å². The molecule has 2 heterocycles. The molecule has 0 unspecified atom stereocenters. The summed E-state index contributed by atoms with van der Waals surface area (Å²) in [6.07, 6.45) is 3.86. The lowest BCUT2D eigenvalue weighted by molar-refractivity contribution is 0.103. The fourth-order valence-electron chi connectivity index (χ4n) is 4.64. The van der Waals surface area contributed by atoms with Gasteiger partial charge in [0.25, 0.3) is 5.76 Å². The number of fused-ring (bicyclic) bond motifs is 1. The number of aryl methyl sites for hydroxylation is 1. The molecule has 0 fully saturated rings. The third-order valence-corrected chi connectivity index (χ3v) is 8.86. The zero-order chi connectivity index (χ0) is 32.5. The average molecular weight is 666 g/mol. The summed E-state index contributed by atoms with van der Waals surface area (Å²) in [5, 5.41) is 4.21. The smallest absolute Gasteiger partial charge is 0.288 e. The van der Waals surface area contributed by atoms with E-state index in [1.54, 1.807) is 6.92 Å². The number of carbonyl (C=O) groups excluding carboxylic acids is 1. The summed E-state index contributed by atoms with van der Waals surface area (Å²) < 4.78 is 101. The fraction of sp³-hybridized carbons (Fsp3) is 0.207. The van der Waals surface area contributed by atoms with Gasteiger partial charge in [0, 0.05) is 23.0 Å². The second-order valence-corrected chi connectivity index (χ2v) is 12.8. The second-order valence-electron chi connectivity index (χ2n) is 9.88. The van der Waals surface area contributed by atoms with E-state index >= 15 is 0 Å². The molecule has 0 saturated carbocycles. The first kappa shape index (κ1) is 32.0. The van der Waals surface area contributed by atoms with Crippen LogP contribution in [0.1, 0.15) is 33.5 Å². The molecule has 9 nitrogen and oxygen atoms in total. The highest BCUT2D eigenvalue weighted by Crippen LogP contribution is 2.39. The van der Waals surface area contributed by atoms with Crippen LogP contribution in [0.25, 0.3) is 11.8 Å². The number of anilines is 2. The summed E-state index contributed by atoms with van der Waals surface area (Å²) in [6.45, 7) is 0.796. The molecule has 1 aliphatic carbocycles. The van der Waals surface area contributed by atoms with E-state index < -0.39 is 51.4 Å². The lowest BCUT2D eigenvalue weighted by Crippen LogP contribution is -2.18. The zero-order valence-electron chi connectivity index (χ0n) is 23.4.